The summed E-state index contributed by atoms with van der Waals surface area (Å²) in [7, 11) is 0.325. The van der Waals surface area contributed by atoms with Gasteiger partial charge in [-0.2, -0.15) is 0 Å². The van der Waals surface area contributed by atoms with Gasteiger partial charge in [0.1, 0.15) is 0 Å². The number of unbranched alkanes of at least 4 members (excludes halogenated alkanes) is 2. The third-order valence-electron chi connectivity index (χ3n) is 2.01. The lowest BCUT2D eigenvalue weighted by Gasteiger charge is -2.11. The molecule has 1 nitrogen and oxygen atoms in total. The minimum atomic E-state index is 0.121. The Kier molecular flexibility index (Phi) is 8.79. The molecule has 2 heteroatoms. The van der Waals surface area contributed by atoms with E-state index in [-0.39, 0.29) is 6.61 Å². The van der Waals surface area contributed by atoms with Crippen molar-refractivity contribution in [3.05, 3.63) is 0 Å². The van der Waals surface area contributed by atoms with Crippen LogP contribution >= 0.6 is 7.92 Å². The summed E-state index contributed by atoms with van der Waals surface area (Å²) >= 11 is 0. The summed E-state index contributed by atoms with van der Waals surface area (Å²) in [5.41, 5.74) is 0. The molecule has 11 heavy (non-hydrogen) atoms. The van der Waals surface area contributed by atoms with Crippen LogP contribution in [0.2, 0.25) is 0 Å². The highest BCUT2D eigenvalue weighted by atomic mass is 31.1. The van der Waals surface area contributed by atoms with E-state index < -0.39 is 0 Å². The fraction of sp³-hybridized carbons (Fsp3) is 1.00. The predicted octanol–water partition coefficient (Wildman–Crippen LogP) is 3.11. The molecule has 0 amide bonds. The summed E-state index contributed by atoms with van der Waals surface area (Å²) in [6.45, 7) is 4.68. The Balaban J connectivity index is 3.07. The monoisotopic (exact) mass is 175 g/mol. The zero-order valence-corrected chi connectivity index (χ0v) is 8.70. The summed E-state index contributed by atoms with van der Waals surface area (Å²) < 4.78 is 0. The molecule has 0 aliphatic carbocycles. The van der Waals surface area contributed by atoms with Gasteiger partial charge in [-0.3, -0.25) is 0 Å². The van der Waals surface area contributed by atoms with Gasteiger partial charge in [-0.25, -0.2) is 5.11 Å². The van der Waals surface area contributed by atoms with Crippen molar-refractivity contribution < 1.29 is 5.11 Å². The molecule has 0 aromatic carbocycles. The maximum atomic E-state index is 10.1. The van der Waals surface area contributed by atoms with Crippen molar-refractivity contribution in [2.45, 2.75) is 33.1 Å². The van der Waals surface area contributed by atoms with Gasteiger partial charge < -0.3 is 0 Å². The maximum Gasteiger partial charge on any atom is 0.0822 e. The summed E-state index contributed by atoms with van der Waals surface area (Å²) in [6, 6.07) is 0. The molecule has 0 N–H and O–H groups in total. The van der Waals surface area contributed by atoms with E-state index in [1.165, 1.54) is 24.9 Å². The first-order chi connectivity index (χ1) is 5.35. The number of hydrogen-bond acceptors (Lipinski definition) is 0. The first kappa shape index (κ1) is 11.4. The minimum absolute atomic E-state index is 0.121. The topological polar surface area (TPSA) is 19.9 Å². The summed E-state index contributed by atoms with van der Waals surface area (Å²) in [4.78, 5) is 0. The summed E-state index contributed by atoms with van der Waals surface area (Å²) in [5, 5.41) is 10.1. The number of hydrogen-bond donors (Lipinski definition) is 0. The molecule has 0 aromatic heterocycles. The van der Waals surface area contributed by atoms with Crippen LogP contribution in [-0.2, 0) is 5.11 Å². The molecule has 67 valence electrons. The van der Waals surface area contributed by atoms with Crippen molar-refractivity contribution in [1.82, 2.24) is 0 Å². The van der Waals surface area contributed by atoms with Gasteiger partial charge in [-0.15, -0.1) is 7.92 Å². The molecule has 0 aromatic rings. The van der Waals surface area contributed by atoms with Crippen LogP contribution in [-0.4, -0.2) is 25.1 Å². The Morgan fingerprint density at radius 2 is 1.64 bits per heavy atom. The Hall–Kier alpha value is 0.390. The van der Waals surface area contributed by atoms with Crippen LogP contribution in [0.1, 0.15) is 33.1 Å². The molecule has 0 saturated carbocycles. The van der Waals surface area contributed by atoms with Crippen LogP contribution in [0.15, 0.2) is 0 Å². The van der Waals surface area contributed by atoms with E-state index >= 15 is 0 Å². The van der Waals surface area contributed by atoms with Crippen molar-refractivity contribution in [2.24, 2.45) is 0 Å². The van der Waals surface area contributed by atoms with E-state index in [0.717, 1.165) is 12.8 Å². The van der Waals surface area contributed by atoms with E-state index in [1.54, 1.807) is 0 Å². The zero-order valence-electron chi connectivity index (χ0n) is 7.81. The van der Waals surface area contributed by atoms with Crippen molar-refractivity contribution in [2.75, 3.05) is 25.1 Å². The van der Waals surface area contributed by atoms with Gasteiger partial charge in [0.25, 0.3) is 0 Å². The highest BCUT2D eigenvalue weighted by Gasteiger charge is 2.00. The van der Waals surface area contributed by atoms with Gasteiger partial charge in [-0.1, -0.05) is 20.3 Å². The average Bonchev–Trinajstić information content (AvgIpc) is 2.05. The van der Waals surface area contributed by atoms with Gasteiger partial charge in [0.2, 0.25) is 0 Å². The van der Waals surface area contributed by atoms with E-state index in [9.17, 15) is 5.11 Å². The molecule has 0 unspecified atom stereocenters. The molecule has 0 fully saturated rings. The van der Waals surface area contributed by atoms with E-state index in [1.807, 2.05) is 0 Å². The van der Waals surface area contributed by atoms with Crippen LogP contribution in [0.25, 0.3) is 0 Å². The second-order valence-electron chi connectivity index (χ2n) is 2.79. The maximum absolute atomic E-state index is 10.1. The first-order valence-electron chi connectivity index (χ1n) is 4.65. The Bertz CT molecular complexity index is 72.0. The fourth-order valence-electron chi connectivity index (χ4n) is 1.15. The molecule has 0 heterocycles. The van der Waals surface area contributed by atoms with Crippen molar-refractivity contribution in [3.63, 3.8) is 0 Å². The summed E-state index contributed by atoms with van der Waals surface area (Å²) in [6.07, 6.45) is 7.45. The molecule has 0 atom stereocenters. The lowest BCUT2D eigenvalue weighted by Crippen LogP contribution is -1.91. The summed E-state index contributed by atoms with van der Waals surface area (Å²) in [5.74, 6) is 0. The molecular weight excluding hydrogens is 155 g/mol. The smallest absolute Gasteiger partial charge is 0.0822 e. The first-order valence-corrected chi connectivity index (χ1v) is 6.55. The molecular formula is C9H20OP. The zero-order chi connectivity index (χ0) is 8.53. The number of rotatable bonds is 7. The highest BCUT2D eigenvalue weighted by Crippen LogP contribution is 2.35. The lowest BCUT2D eigenvalue weighted by atomic mass is 10.3. The van der Waals surface area contributed by atoms with E-state index in [0.29, 0.717) is 7.92 Å². The second kappa shape index (κ2) is 8.49. The fourth-order valence-corrected chi connectivity index (χ4v) is 2.90. The highest BCUT2D eigenvalue weighted by molar-refractivity contribution is 7.57. The molecule has 0 saturated heterocycles. The van der Waals surface area contributed by atoms with E-state index in [2.05, 4.69) is 13.8 Å². The Morgan fingerprint density at radius 3 is 2.09 bits per heavy atom. The average molecular weight is 175 g/mol. The van der Waals surface area contributed by atoms with Gasteiger partial charge in [-0.05, 0) is 31.3 Å². The van der Waals surface area contributed by atoms with Crippen molar-refractivity contribution in [3.8, 4) is 0 Å². The van der Waals surface area contributed by atoms with Gasteiger partial charge >= 0.3 is 0 Å². The Labute approximate surface area is 72.0 Å². The van der Waals surface area contributed by atoms with Crippen LogP contribution in [0.4, 0.5) is 0 Å². The molecule has 1 radical (unpaired) electrons. The second-order valence-corrected chi connectivity index (χ2v) is 5.85. The molecule has 0 aliphatic rings. The third kappa shape index (κ3) is 6.77. The molecule has 0 spiro atoms. The van der Waals surface area contributed by atoms with Crippen LogP contribution in [0.5, 0.6) is 0 Å². The Morgan fingerprint density at radius 1 is 1.00 bits per heavy atom. The van der Waals surface area contributed by atoms with Crippen LogP contribution in [0.3, 0.4) is 0 Å². The van der Waals surface area contributed by atoms with E-state index in [4.69, 9.17) is 0 Å². The molecule has 0 bridgehead atoms. The predicted molar refractivity (Wildman–Crippen MR) is 52.3 cm³/mol. The van der Waals surface area contributed by atoms with Gasteiger partial charge in [0.05, 0.1) is 6.61 Å². The van der Waals surface area contributed by atoms with Crippen molar-refractivity contribution >= 4 is 7.92 Å². The van der Waals surface area contributed by atoms with Crippen LogP contribution in [0, 0.1) is 0 Å². The normalized spacial score (nSPS) is 10.9. The van der Waals surface area contributed by atoms with Gasteiger partial charge in [0.15, 0.2) is 0 Å². The van der Waals surface area contributed by atoms with Gasteiger partial charge in [0, 0.05) is 0 Å². The quantitative estimate of drug-likeness (QED) is 0.418. The largest absolute Gasteiger partial charge is 0.237 e. The third-order valence-corrected chi connectivity index (χ3v) is 4.75. The standard InChI is InChI=1S/C9H20OP/c1-3-11(4-2)9-7-5-6-8-10/h3-9H2,1-2H3. The minimum Gasteiger partial charge on any atom is -0.237 e. The molecule has 0 aliphatic heterocycles. The SMILES string of the molecule is CCP(CC)CCCCC[O]. The van der Waals surface area contributed by atoms with Crippen LogP contribution < -0.4 is 0 Å². The molecule has 0 rings (SSSR count). The lowest BCUT2D eigenvalue weighted by molar-refractivity contribution is 0.186. The van der Waals surface area contributed by atoms with Crippen molar-refractivity contribution in [1.29, 1.82) is 0 Å².